The van der Waals surface area contributed by atoms with Gasteiger partial charge in [-0.15, -0.1) is 0 Å². The molecule has 2 aromatic heterocycles. The van der Waals surface area contributed by atoms with Gasteiger partial charge in [-0.1, -0.05) is 139 Å². The molecule has 6 aromatic carbocycles. The number of fused-ring (bicyclic) bond motifs is 2. The van der Waals surface area contributed by atoms with E-state index in [1.54, 1.807) is 12.1 Å². The molecule has 9 rings (SSSR count). The third kappa shape index (κ3) is 12.4. The van der Waals surface area contributed by atoms with E-state index in [9.17, 15) is 0 Å². The highest BCUT2D eigenvalue weighted by Gasteiger charge is 2.44. The second kappa shape index (κ2) is 20.8. The van der Waals surface area contributed by atoms with E-state index < -0.39 is 7.12 Å². The molecule has 0 spiro atoms. The van der Waals surface area contributed by atoms with E-state index in [0.717, 1.165) is 53.6 Å². The summed E-state index contributed by atoms with van der Waals surface area (Å²) in [5.74, 6) is 1.92. The molecular formula is C51H52B2ClO6. The lowest BCUT2D eigenvalue weighted by Gasteiger charge is -2.32. The molecule has 1 saturated heterocycles. The van der Waals surface area contributed by atoms with Gasteiger partial charge in [-0.05, 0) is 117 Å². The van der Waals surface area contributed by atoms with Crippen molar-refractivity contribution >= 4 is 53.8 Å². The zero-order valence-electron chi connectivity index (χ0n) is 35.0. The molecule has 0 saturated carbocycles. The normalized spacial score (nSPS) is 13.5. The Hall–Kier alpha value is -5.34. The van der Waals surface area contributed by atoms with Crippen molar-refractivity contribution in [1.29, 1.82) is 0 Å². The number of hydrogen-bond acceptors (Lipinski definition) is 6. The second-order valence-corrected chi connectivity index (χ2v) is 16.2. The van der Waals surface area contributed by atoms with Crippen LogP contribution in [-0.2, 0) is 35.0 Å². The minimum Gasteiger partial charge on any atom is -0.461 e. The number of halogens is 1. The van der Waals surface area contributed by atoms with Crippen LogP contribution in [0.1, 0.15) is 55.9 Å². The Morgan fingerprint density at radius 1 is 0.533 bits per heavy atom. The van der Waals surface area contributed by atoms with Gasteiger partial charge in [0.1, 0.15) is 22.7 Å². The predicted octanol–water partition coefficient (Wildman–Crippen LogP) is 11.6. The summed E-state index contributed by atoms with van der Waals surface area (Å²) in [4.78, 5) is 0. The van der Waals surface area contributed by atoms with Crippen LogP contribution in [0.3, 0.4) is 0 Å². The summed E-state index contributed by atoms with van der Waals surface area (Å²) in [6.45, 7) is 10.2. The maximum Gasteiger partial charge on any atom is 0.488 e. The minimum atomic E-state index is -1.46. The summed E-state index contributed by atoms with van der Waals surface area (Å²) in [7, 11) is -0.0442. The largest absolute Gasteiger partial charge is 0.488 e. The van der Waals surface area contributed by atoms with Crippen LogP contribution in [0.15, 0.2) is 173 Å². The molecule has 3 heterocycles. The second-order valence-electron chi connectivity index (χ2n) is 15.8. The lowest BCUT2D eigenvalue weighted by atomic mass is 9.80. The highest BCUT2D eigenvalue weighted by Crippen LogP contribution is 2.33. The molecule has 1 radical (unpaired) electrons. The summed E-state index contributed by atoms with van der Waals surface area (Å²) < 4.78 is 22.0. The van der Waals surface area contributed by atoms with Crippen LogP contribution in [0.4, 0.5) is 0 Å². The molecule has 8 aromatic rings. The van der Waals surface area contributed by atoms with Crippen LogP contribution in [0.2, 0.25) is 5.02 Å². The molecule has 2 N–H and O–H groups in total. The van der Waals surface area contributed by atoms with Crippen LogP contribution in [0.25, 0.3) is 33.1 Å². The Balaban J connectivity index is 0.000000139. The van der Waals surface area contributed by atoms with Gasteiger partial charge in [0.05, 0.1) is 11.2 Å². The van der Waals surface area contributed by atoms with E-state index in [0.29, 0.717) is 16.1 Å². The standard InChI is InChI=1S/C16H15BO3.C16H13ClO.C13H12.C6H12BO2/c18-17(19)14-8-7-13-10-15(20-16(13)11-14)9-6-12-4-2-1-3-5-12;17-14-8-7-13-10-15(18-16(13)11-14)9-6-12-4-2-1-3-5-12;1-11-7-5-6-10-13(11)12-8-3-2-4-9-12;1-5(2)6(3,4)9-7-8-5/h1-5,7-8,10-11,18-19H,6,9H2;1-5,7-8,10-11H,6,9H2;2-10H,1H3;1-4H3. The molecule has 1 aliphatic heterocycles. The molecule has 0 unspecified atom stereocenters. The lowest BCUT2D eigenvalue weighted by molar-refractivity contribution is 0.00578. The zero-order valence-corrected chi connectivity index (χ0v) is 35.7. The first-order chi connectivity index (χ1) is 28.9. The quantitative estimate of drug-likeness (QED) is 0.149. The van der Waals surface area contributed by atoms with Crippen molar-refractivity contribution in [2.45, 2.75) is 71.5 Å². The Bertz CT molecular complexity index is 2520. The highest BCUT2D eigenvalue weighted by atomic mass is 35.5. The maximum atomic E-state index is 9.16. The van der Waals surface area contributed by atoms with Crippen LogP contribution in [0.5, 0.6) is 0 Å². The summed E-state index contributed by atoms with van der Waals surface area (Å²) in [5.41, 5.74) is 8.18. The van der Waals surface area contributed by atoms with Gasteiger partial charge in [0.25, 0.3) is 0 Å². The lowest BCUT2D eigenvalue weighted by Crippen LogP contribution is -2.41. The number of furan rings is 2. The Labute approximate surface area is 360 Å². The molecule has 1 fully saturated rings. The summed E-state index contributed by atoms with van der Waals surface area (Å²) in [6, 6.07) is 54.7. The van der Waals surface area contributed by atoms with E-state index in [-0.39, 0.29) is 11.2 Å². The van der Waals surface area contributed by atoms with E-state index in [4.69, 9.17) is 39.8 Å². The van der Waals surface area contributed by atoms with Gasteiger partial charge in [0, 0.05) is 28.6 Å². The maximum absolute atomic E-state index is 9.16. The van der Waals surface area contributed by atoms with Crippen molar-refractivity contribution in [1.82, 2.24) is 0 Å². The fourth-order valence-electron chi connectivity index (χ4n) is 6.46. The SMILES string of the molecule is CC1(C)O[B]OC1(C)C.Cc1ccccc1-c1ccccc1.Clc1ccc2cc(CCc3ccccc3)oc2c1.OB(O)c1ccc2cc(CCc3ccccc3)oc2c1. The van der Waals surface area contributed by atoms with E-state index in [1.165, 1.54) is 35.5 Å². The molecule has 0 atom stereocenters. The number of hydrogen-bond donors (Lipinski definition) is 2. The summed E-state index contributed by atoms with van der Waals surface area (Å²) in [5, 5.41) is 21.1. The van der Waals surface area contributed by atoms with E-state index >= 15 is 0 Å². The first kappa shape index (κ1) is 44.2. The average Bonchev–Trinajstić information content (AvgIpc) is 3.93. The molecule has 0 amide bonds. The minimum absolute atomic E-state index is 0.187. The van der Waals surface area contributed by atoms with E-state index in [2.05, 4.69) is 97.9 Å². The van der Waals surface area contributed by atoms with Crippen molar-refractivity contribution in [3.8, 4) is 11.1 Å². The van der Waals surface area contributed by atoms with Gasteiger partial charge in [-0.25, -0.2) is 0 Å². The molecule has 60 heavy (non-hydrogen) atoms. The third-order valence-corrected chi connectivity index (χ3v) is 11.0. The van der Waals surface area contributed by atoms with E-state index in [1.807, 2.05) is 88.4 Å². The Kier molecular flexibility index (Phi) is 15.3. The number of rotatable bonds is 8. The van der Waals surface area contributed by atoms with Crippen molar-refractivity contribution in [2.24, 2.45) is 0 Å². The highest BCUT2D eigenvalue weighted by molar-refractivity contribution is 6.58. The molecule has 9 heteroatoms. The molecule has 1 aliphatic rings. The molecule has 305 valence electrons. The number of benzene rings is 6. The summed E-state index contributed by atoms with van der Waals surface area (Å²) >= 11 is 5.94. The molecule has 6 nitrogen and oxygen atoms in total. The smallest absolute Gasteiger partial charge is 0.461 e. The first-order valence-corrected chi connectivity index (χ1v) is 20.7. The molecule has 0 bridgehead atoms. The van der Waals surface area contributed by atoms with Gasteiger partial charge in [-0.2, -0.15) is 0 Å². The molecular weight excluding hydrogens is 766 g/mol. The fraction of sp³-hybridized carbons (Fsp3) is 0.216. The van der Waals surface area contributed by atoms with Crippen molar-refractivity contribution in [3.05, 3.63) is 197 Å². The Morgan fingerprint density at radius 2 is 1.00 bits per heavy atom. The zero-order chi connectivity index (χ0) is 42.5. The fourth-order valence-corrected chi connectivity index (χ4v) is 6.62. The monoisotopic (exact) mass is 817 g/mol. The number of aryl methyl sites for hydroxylation is 5. The van der Waals surface area contributed by atoms with Crippen LogP contribution >= 0.6 is 11.6 Å². The van der Waals surface area contributed by atoms with Gasteiger partial charge in [0.15, 0.2) is 0 Å². The van der Waals surface area contributed by atoms with Crippen molar-refractivity contribution in [2.75, 3.05) is 0 Å². The van der Waals surface area contributed by atoms with Crippen LogP contribution < -0.4 is 5.46 Å². The first-order valence-electron chi connectivity index (χ1n) is 20.3. The van der Waals surface area contributed by atoms with Gasteiger partial charge in [0.2, 0.25) is 0 Å². The van der Waals surface area contributed by atoms with Crippen LogP contribution in [-0.4, -0.2) is 36.1 Å². The van der Waals surface area contributed by atoms with Gasteiger partial charge < -0.3 is 28.2 Å². The van der Waals surface area contributed by atoms with Crippen molar-refractivity contribution < 1.29 is 28.2 Å². The third-order valence-electron chi connectivity index (χ3n) is 10.8. The summed E-state index contributed by atoms with van der Waals surface area (Å²) in [6.07, 6.45) is 3.66. The van der Waals surface area contributed by atoms with Crippen molar-refractivity contribution in [3.63, 3.8) is 0 Å². The Morgan fingerprint density at radius 3 is 1.48 bits per heavy atom. The predicted molar refractivity (Wildman–Crippen MR) is 248 cm³/mol. The van der Waals surface area contributed by atoms with Gasteiger partial charge in [-0.3, -0.25) is 0 Å². The van der Waals surface area contributed by atoms with Gasteiger partial charge >= 0.3 is 14.8 Å². The topological polar surface area (TPSA) is 85.2 Å². The van der Waals surface area contributed by atoms with Crippen LogP contribution in [0, 0.1) is 6.92 Å². The average molecular weight is 818 g/mol. The molecule has 0 aliphatic carbocycles.